The zero-order chi connectivity index (χ0) is 14.2. The van der Waals surface area contributed by atoms with Gasteiger partial charge in [0.05, 0.1) is 20.9 Å². The smallest absolute Gasteiger partial charge is 0.106 e. The monoisotopic (exact) mass is 313 g/mol. The van der Waals surface area contributed by atoms with E-state index in [-0.39, 0.29) is 0 Å². The summed E-state index contributed by atoms with van der Waals surface area (Å²) in [6, 6.07) is 12.2. The molecule has 0 aliphatic rings. The van der Waals surface area contributed by atoms with Gasteiger partial charge < -0.3 is 10.3 Å². The second-order valence-corrected chi connectivity index (χ2v) is 6.13. The summed E-state index contributed by atoms with van der Waals surface area (Å²) in [5, 5.41) is 5.36. The minimum Gasteiger partial charge on any atom is -0.378 e. The van der Waals surface area contributed by atoms with Crippen molar-refractivity contribution in [3.63, 3.8) is 0 Å². The van der Waals surface area contributed by atoms with Crippen LogP contribution in [-0.2, 0) is 6.54 Å². The van der Waals surface area contributed by atoms with Crippen molar-refractivity contribution in [2.24, 2.45) is 0 Å². The number of hydrogen-bond donors (Lipinski definition) is 2. The SMILES string of the molecule is Clc1ccc2scnc2c1NCc1c[nH]c2ccccc12. The molecule has 0 unspecified atom stereocenters. The van der Waals surface area contributed by atoms with E-state index in [1.807, 2.05) is 36.0 Å². The number of hydrogen-bond acceptors (Lipinski definition) is 3. The molecule has 4 aromatic rings. The normalized spacial score (nSPS) is 11.3. The number of thiazole rings is 1. The quantitative estimate of drug-likeness (QED) is 0.556. The van der Waals surface area contributed by atoms with Crippen LogP contribution in [0.2, 0.25) is 5.02 Å². The lowest BCUT2D eigenvalue weighted by Gasteiger charge is -2.08. The number of fused-ring (bicyclic) bond motifs is 2. The Morgan fingerprint density at radius 3 is 3.05 bits per heavy atom. The van der Waals surface area contributed by atoms with Crippen molar-refractivity contribution in [3.8, 4) is 0 Å². The van der Waals surface area contributed by atoms with E-state index < -0.39 is 0 Å². The van der Waals surface area contributed by atoms with E-state index in [0.29, 0.717) is 11.6 Å². The van der Waals surface area contributed by atoms with Crippen molar-refractivity contribution in [1.82, 2.24) is 9.97 Å². The summed E-state index contributed by atoms with van der Waals surface area (Å²) < 4.78 is 1.14. The summed E-state index contributed by atoms with van der Waals surface area (Å²) in [6.45, 7) is 0.709. The number of nitrogens with one attached hydrogen (secondary N) is 2. The second kappa shape index (κ2) is 5.06. The number of aromatic amines is 1. The van der Waals surface area contributed by atoms with Crippen LogP contribution in [0.25, 0.3) is 21.1 Å². The third kappa shape index (κ3) is 2.17. The van der Waals surface area contributed by atoms with Crippen molar-refractivity contribution in [3.05, 3.63) is 58.7 Å². The molecule has 0 saturated heterocycles. The van der Waals surface area contributed by atoms with Crippen LogP contribution in [0.4, 0.5) is 5.69 Å². The molecule has 5 heteroatoms. The van der Waals surface area contributed by atoms with Gasteiger partial charge in [-0.15, -0.1) is 11.3 Å². The van der Waals surface area contributed by atoms with Gasteiger partial charge in [-0.25, -0.2) is 4.98 Å². The minimum absolute atomic E-state index is 0.702. The molecule has 0 aliphatic carbocycles. The molecule has 21 heavy (non-hydrogen) atoms. The Balaban J connectivity index is 1.69. The lowest BCUT2D eigenvalue weighted by molar-refractivity contribution is 1.17. The number of H-pyrrole nitrogens is 1. The molecule has 0 bridgehead atoms. The number of rotatable bonds is 3. The molecule has 0 aliphatic heterocycles. The summed E-state index contributed by atoms with van der Waals surface area (Å²) in [4.78, 5) is 7.69. The van der Waals surface area contributed by atoms with Gasteiger partial charge in [0.1, 0.15) is 5.52 Å². The predicted molar refractivity (Wildman–Crippen MR) is 90.3 cm³/mol. The van der Waals surface area contributed by atoms with Crippen LogP contribution in [0.15, 0.2) is 48.1 Å². The first-order valence-corrected chi connectivity index (χ1v) is 7.89. The van der Waals surface area contributed by atoms with Gasteiger partial charge in [-0.1, -0.05) is 29.8 Å². The second-order valence-electron chi connectivity index (χ2n) is 4.83. The molecule has 2 N–H and O–H groups in total. The Hall–Kier alpha value is -2.04. The first kappa shape index (κ1) is 12.7. The molecule has 3 nitrogen and oxygen atoms in total. The summed E-state index contributed by atoms with van der Waals surface area (Å²) >= 11 is 7.93. The third-order valence-electron chi connectivity index (χ3n) is 3.58. The highest BCUT2D eigenvalue weighted by Crippen LogP contribution is 2.33. The number of nitrogens with zero attached hydrogens (tertiary/aromatic N) is 1. The molecule has 2 aromatic heterocycles. The lowest BCUT2D eigenvalue weighted by atomic mass is 10.1. The summed E-state index contributed by atoms with van der Waals surface area (Å²) in [5.41, 5.74) is 6.05. The Bertz CT molecular complexity index is 925. The van der Waals surface area contributed by atoms with Gasteiger partial charge in [-0.3, -0.25) is 0 Å². The molecule has 4 rings (SSSR count). The molecule has 0 saturated carbocycles. The van der Waals surface area contributed by atoms with E-state index in [9.17, 15) is 0 Å². The predicted octanol–water partition coefficient (Wildman–Crippen LogP) is 5.04. The molecule has 0 radical (unpaired) electrons. The minimum atomic E-state index is 0.702. The Morgan fingerprint density at radius 2 is 2.10 bits per heavy atom. The highest BCUT2D eigenvalue weighted by Gasteiger charge is 2.09. The van der Waals surface area contributed by atoms with Crippen LogP contribution >= 0.6 is 22.9 Å². The average Bonchev–Trinajstić information content (AvgIpc) is 3.13. The highest BCUT2D eigenvalue weighted by molar-refractivity contribution is 7.16. The Kier molecular flexibility index (Phi) is 3.05. The molecular formula is C16H12ClN3S. The van der Waals surface area contributed by atoms with Crippen molar-refractivity contribution < 1.29 is 0 Å². The van der Waals surface area contributed by atoms with Crippen LogP contribution in [-0.4, -0.2) is 9.97 Å². The van der Waals surface area contributed by atoms with Crippen LogP contribution in [0.3, 0.4) is 0 Å². The maximum Gasteiger partial charge on any atom is 0.106 e. The van der Waals surface area contributed by atoms with Crippen LogP contribution in [0.1, 0.15) is 5.56 Å². The number of halogens is 1. The molecular weight excluding hydrogens is 302 g/mol. The van der Waals surface area contributed by atoms with E-state index in [4.69, 9.17) is 11.6 Å². The fourth-order valence-corrected chi connectivity index (χ4v) is 3.44. The summed E-state index contributed by atoms with van der Waals surface area (Å²) in [6.07, 6.45) is 2.03. The number of para-hydroxylation sites is 1. The van der Waals surface area contributed by atoms with Gasteiger partial charge in [0.25, 0.3) is 0 Å². The molecule has 104 valence electrons. The number of aromatic nitrogens is 2. The molecule has 0 fully saturated rings. The molecule has 0 spiro atoms. The maximum absolute atomic E-state index is 6.31. The van der Waals surface area contributed by atoms with Gasteiger partial charge in [-0.05, 0) is 23.8 Å². The third-order valence-corrected chi connectivity index (χ3v) is 4.69. The van der Waals surface area contributed by atoms with Crippen LogP contribution in [0.5, 0.6) is 0 Å². The van der Waals surface area contributed by atoms with E-state index in [1.54, 1.807) is 11.3 Å². The van der Waals surface area contributed by atoms with Gasteiger partial charge in [0.2, 0.25) is 0 Å². The maximum atomic E-state index is 6.31. The van der Waals surface area contributed by atoms with Gasteiger partial charge in [0.15, 0.2) is 0 Å². The standard InChI is InChI=1S/C16H12ClN3S/c17-12-5-6-14-16(20-9-21-14)15(12)19-8-10-7-18-13-4-2-1-3-11(10)13/h1-7,9,18-19H,8H2. The fourth-order valence-electron chi connectivity index (χ4n) is 2.54. The number of benzene rings is 2. The average molecular weight is 314 g/mol. The van der Waals surface area contributed by atoms with Crippen LogP contribution in [0, 0.1) is 0 Å². The van der Waals surface area contributed by atoms with E-state index in [1.165, 1.54) is 10.9 Å². The largest absolute Gasteiger partial charge is 0.378 e. The zero-order valence-corrected chi connectivity index (χ0v) is 12.6. The molecule has 0 amide bonds. The first-order valence-electron chi connectivity index (χ1n) is 6.63. The summed E-state index contributed by atoms with van der Waals surface area (Å²) in [5.74, 6) is 0. The first-order chi connectivity index (χ1) is 10.3. The van der Waals surface area contributed by atoms with Crippen LogP contribution < -0.4 is 5.32 Å². The number of anilines is 1. The van der Waals surface area contributed by atoms with E-state index in [2.05, 4.69) is 27.4 Å². The Labute approximate surface area is 130 Å². The Morgan fingerprint density at radius 1 is 1.19 bits per heavy atom. The zero-order valence-electron chi connectivity index (χ0n) is 11.1. The van der Waals surface area contributed by atoms with Gasteiger partial charge in [-0.2, -0.15) is 0 Å². The molecule has 0 atom stereocenters. The fraction of sp³-hybridized carbons (Fsp3) is 0.0625. The van der Waals surface area contributed by atoms with Crippen molar-refractivity contribution in [2.45, 2.75) is 6.54 Å². The molecule has 2 heterocycles. The highest BCUT2D eigenvalue weighted by atomic mass is 35.5. The molecule has 2 aromatic carbocycles. The van der Waals surface area contributed by atoms with Crippen molar-refractivity contribution >= 4 is 49.7 Å². The van der Waals surface area contributed by atoms with Gasteiger partial charge in [0, 0.05) is 23.6 Å². The van der Waals surface area contributed by atoms with Gasteiger partial charge >= 0.3 is 0 Å². The van der Waals surface area contributed by atoms with Crippen molar-refractivity contribution in [1.29, 1.82) is 0 Å². The van der Waals surface area contributed by atoms with Crippen molar-refractivity contribution in [2.75, 3.05) is 5.32 Å². The van der Waals surface area contributed by atoms with E-state index in [0.717, 1.165) is 21.4 Å². The topological polar surface area (TPSA) is 40.7 Å². The summed E-state index contributed by atoms with van der Waals surface area (Å²) in [7, 11) is 0. The lowest BCUT2D eigenvalue weighted by Crippen LogP contribution is -2.00. The van der Waals surface area contributed by atoms with E-state index >= 15 is 0 Å².